The second kappa shape index (κ2) is 10.2. The number of rotatable bonds is 8. The monoisotopic (exact) mass is 407 g/mol. The molecule has 0 bridgehead atoms. The molecule has 1 atom stereocenters. The molecule has 0 saturated heterocycles. The average molecular weight is 407 g/mol. The molecule has 0 saturated carbocycles. The van der Waals surface area contributed by atoms with Gasteiger partial charge in [-0.2, -0.15) is 0 Å². The molecule has 6 heteroatoms. The van der Waals surface area contributed by atoms with Crippen LogP contribution in [0.3, 0.4) is 0 Å². The molecule has 3 aromatic rings. The van der Waals surface area contributed by atoms with Crippen LogP contribution in [0.4, 0.5) is 10.1 Å². The maximum atomic E-state index is 13.1. The first kappa shape index (κ1) is 21.0. The number of carbonyl (C=O) groups excluding carboxylic acids is 2. The van der Waals surface area contributed by atoms with E-state index < -0.39 is 23.8 Å². The van der Waals surface area contributed by atoms with Crippen molar-refractivity contribution in [3.8, 4) is 5.75 Å². The summed E-state index contributed by atoms with van der Waals surface area (Å²) in [5.74, 6) is -0.739. The number of hydrogen-bond donors (Lipinski definition) is 1. The van der Waals surface area contributed by atoms with E-state index in [1.54, 1.807) is 31.4 Å². The van der Waals surface area contributed by atoms with E-state index in [-0.39, 0.29) is 6.42 Å². The van der Waals surface area contributed by atoms with Crippen molar-refractivity contribution in [3.63, 3.8) is 0 Å². The van der Waals surface area contributed by atoms with Crippen LogP contribution in [0.5, 0.6) is 5.75 Å². The number of anilines is 1. The maximum absolute atomic E-state index is 13.1. The van der Waals surface area contributed by atoms with Gasteiger partial charge in [0.05, 0.1) is 7.11 Å². The van der Waals surface area contributed by atoms with Crippen LogP contribution < -0.4 is 10.1 Å². The van der Waals surface area contributed by atoms with Crippen LogP contribution in [-0.4, -0.2) is 19.0 Å². The normalized spacial score (nSPS) is 11.4. The first-order chi connectivity index (χ1) is 14.6. The Balaban J connectivity index is 1.70. The van der Waals surface area contributed by atoms with E-state index in [0.717, 1.165) is 5.56 Å². The van der Waals surface area contributed by atoms with E-state index >= 15 is 0 Å². The van der Waals surface area contributed by atoms with E-state index in [9.17, 15) is 14.0 Å². The summed E-state index contributed by atoms with van der Waals surface area (Å²) in [6.45, 7) is 0. The zero-order valence-corrected chi connectivity index (χ0v) is 16.5. The van der Waals surface area contributed by atoms with Crippen molar-refractivity contribution < 1.29 is 23.5 Å². The van der Waals surface area contributed by atoms with Gasteiger partial charge in [-0.15, -0.1) is 0 Å². The molecule has 1 N–H and O–H groups in total. The van der Waals surface area contributed by atoms with Gasteiger partial charge in [0.25, 0.3) is 5.91 Å². The fourth-order valence-electron chi connectivity index (χ4n) is 2.98. The molecule has 30 heavy (non-hydrogen) atoms. The molecular weight excluding hydrogens is 385 g/mol. The predicted molar refractivity (Wildman–Crippen MR) is 112 cm³/mol. The summed E-state index contributed by atoms with van der Waals surface area (Å²) in [6.07, 6.45) is -0.612. The van der Waals surface area contributed by atoms with Crippen molar-refractivity contribution in [3.05, 3.63) is 95.8 Å². The van der Waals surface area contributed by atoms with Crippen LogP contribution >= 0.6 is 0 Å². The lowest BCUT2D eigenvalue weighted by Gasteiger charge is -2.18. The molecule has 0 aromatic heterocycles. The lowest BCUT2D eigenvalue weighted by Crippen LogP contribution is -2.26. The molecule has 0 aliphatic rings. The highest BCUT2D eigenvalue weighted by Gasteiger charge is 2.25. The van der Waals surface area contributed by atoms with Crippen molar-refractivity contribution in [1.82, 2.24) is 0 Å². The van der Waals surface area contributed by atoms with Crippen LogP contribution in [-0.2, 0) is 20.7 Å². The van der Waals surface area contributed by atoms with Gasteiger partial charge in [0, 0.05) is 17.7 Å². The van der Waals surface area contributed by atoms with Crippen molar-refractivity contribution in [1.29, 1.82) is 0 Å². The van der Waals surface area contributed by atoms with Crippen molar-refractivity contribution >= 4 is 17.6 Å². The molecule has 3 rings (SSSR count). The number of ether oxygens (including phenoxy) is 2. The van der Waals surface area contributed by atoms with Gasteiger partial charge >= 0.3 is 5.97 Å². The fraction of sp³-hybridized carbons (Fsp3) is 0.167. The Labute approximate surface area is 174 Å². The van der Waals surface area contributed by atoms with E-state index in [2.05, 4.69) is 5.32 Å². The van der Waals surface area contributed by atoms with Gasteiger partial charge in [-0.3, -0.25) is 9.59 Å². The van der Waals surface area contributed by atoms with Gasteiger partial charge in [-0.1, -0.05) is 48.5 Å². The SMILES string of the molecule is COc1ccccc1CCC(=O)OC(C(=O)Nc1ccc(F)cc1)c1ccccc1. The van der Waals surface area contributed by atoms with Crippen molar-refractivity contribution in [2.45, 2.75) is 18.9 Å². The Morgan fingerprint density at radius 1 is 0.933 bits per heavy atom. The zero-order chi connectivity index (χ0) is 21.3. The van der Waals surface area contributed by atoms with Gasteiger partial charge in [-0.25, -0.2) is 4.39 Å². The van der Waals surface area contributed by atoms with Gasteiger partial charge in [-0.05, 0) is 42.3 Å². The quantitative estimate of drug-likeness (QED) is 0.550. The van der Waals surface area contributed by atoms with Gasteiger partial charge < -0.3 is 14.8 Å². The van der Waals surface area contributed by atoms with Gasteiger partial charge in [0.2, 0.25) is 6.10 Å². The average Bonchev–Trinajstić information content (AvgIpc) is 2.78. The molecule has 0 aliphatic heterocycles. The Hall–Kier alpha value is -3.67. The molecule has 5 nitrogen and oxygen atoms in total. The molecule has 1 amide bonds. The number of benzene rings is 3. The summed E-state index contributed by atoms with van der Waals surface area (Å²) in [7, 11) is 1.57. The highest BCUT2D eigenvalue weighted by atomic mass is 19.1. The summed E-state index contributed by atoms with van der Waals surface area (Å²) in [5.41, 5.74) is 1.83. The second-order valence-corrected chi connectivity index (χ2v) is 6.59. The van der Waals surface area contributed by atoms with Crippen LogP contribution in [0.25, 0.3) is 0 Å². The third-order valence-electron chi connectivity index (χ3n) is 4.49. The lowest BCUT2D eigenvalue weighted by molar-refractivity contribution is -0.154. The molecule has 0 fully saturated rings. The number of para-hydroxylation sites is 1. The lowest BCUT2D eigenvalue weighted by atomic mass is 10.1. The number of amides is 1. The van der Waals surface area contributed by atoms with Crippen LogP contribution in [0.2, 0.25) is 0 Å². The number of esters is 1. The Morgan fingerprint density at radius 3 is 2.30 bits per heavy atom. The van der Waals surface area contributed by atoms with E-state index in [1.165, 1.54) is 24.3 Å². The van der Waals surface area contributed by atoms with Crippen molar-refractivity contribution in [2.24, 2.45) is 0 Å². The highest BCUT2D eigenvalue weighted by Crippen LogP contribution is 2.23. The van der Waals surface area contributed by atoms with Gasteiger partial charge in [0.15, 0.2) is 0 Å². The number of nitrogens with one attached hydrogen (secondary N) is 1. The number of methoxy groups -OCH3 is 1. The first-order valence-corrected chi connectivity index (χ1v) is 9.49. The number of carbonyl (C=O) groups is 2. The molecule has 1 unspecified atom stereocenters. The van der Waals surface area contributed by atoms with Crippen LogP contribution in [0.1, 0.15) is 23.7 Å². The topological polar surface area (TPSA) is 64.6 Å². The molecule has 0 spiro atoms. The fourth-order valence-corrected chi connectivity index (χ4v) is 2.98. The molecule has 0 radical (unpaired) electrons. The first-order valence-electron chi connectivity index (χ1n) is 9.49. The summed E-state index contributed by atoms with van der Waals surface area (Å²) >= 11 is 0. The third-order valence-corrected chi connectivity index (χ3v) is 4.49. The molecule has 0 aliphatic carbocycles. The number of halogens is 1. The van der Waals surface area contributed by atoms with Crippen LogP contribution in [0.15, 0.2) is 78.9 Å². The van der Waals surface area contributed by atoms with E-state index in [0.29, 0.717) is 23.4 Å². The Kier molecular flexibility index (Phi) is 7.16. The zero-order valence-electron chi connectivity index (χ0n) is 16.5. The largest absolute Gasteiger partial charge is 0.496 e. The Bertz CT molecular complexity index is 990. The third kappa shape index (κ3) is 5.67. The van der Waals surface area contributed by atoms with Crippen molar-refractivity contribution in [2.75, 3.05) is 12.4 Å². The maximum Gasteiger partial charge on any atom is 0.307 e. The number of aryl methyl sites for hydroxylation is 1. The van der Waals surface area contributed by atoms with E-state index in [4.69, 9.17) is 9.47 Å². The van der Waals surface area contributed by atoms with Crippen LogP contribution in [0, 0.1) is 5.82 Å². The molecule has 0 heterocycles. The minimum Gasteiger partial charge on any atom is -0.496 e. The standard InChI is InChI=1S/C24H22FNO4/c1-29-21-10-6-5-7-17(21)11-16-22(27)30-23(18-8-3-2-4-9-18)24(28)26-20-14-12-19(25)13-15-20/h2-10,12-15,23H,11,16H2,1H3,(H,26,28). The predicted octanol–water partition coefficient (Wildman–Crippen LogP) is 4.69. The summed E-state index contributed by atoms with van der Waals surface area (Å²) in [5, 5.41) is 2.66. The summed E-state index contributed by atoms with van der Waals surface area (Å²) in [4.78, 5) is 25.3. The minimum atomic E-state index is -1.12. The molecular formula is C24H22FNO4. The summed E-state index contributed by atoms with van der Waals surface area (Å²) < 4.78 is 23.9. The summed E-state index contributed by atoms with van der Waals surface area (Å²) in [6, 6.07) is 21.5. The molecule has 154 valence electrons. The van der Waals surface area contributed by atoms with Gasteiger partial charge in [0.1, 0.15) is 11.6 Å². The second-order valence-electron chi connectivity index (χ2n) is 6.59. The van der Waals surface area contributed by atoms with E-state index in [1.807, 2.05) is 30.3 Å². The Morgan fingerprint density at radius 2 is 1.60 bits per heavy atom. The highest BCUT2D eigenvalue weighted by molar-refractivity contribution is 5.96. The number of hydrogen-bond acceptors (Lipinski definition) is 4. The molecule has 3 aromatic carbocycles. The minimum absolute atomic E-state index is 0.0908. The smallest absolute Gasteiger partial charge is 0.307 e.